The maximum absolute atomic E-state index is 13.6. The zero-order valence-corrected chi connectivity index (χ0v) is 10.1. The van der Waals surface area contributed by atoms with Crippen LogP contribution in [0.15, 0.2) is 18.2 Å². The van der Waals surface area contributed by atoms with Crippen molar-refractivity contribution in [3.8, 4) is 0 Å². The van der Waals surface area contributed by atoms with Crippen molar-refractivity contribution in [2.45, 2.75) is 20.3 Å². The van der Waals surface area contributed by atoms with Gasteiger partial charge in [0.05, 0.1) is 11.1 Å². The van der Waals surface area contributed by atoms with Crippen LogP contribution in [0.25, 0.3) is 0 Å². The third-order valence-electron chi connectivity index (χ3n) is 3.29. The third-order valence-corrected chi connectivity index (χ3v) is 3.29. The Morgan fingerprint density at radius 2 is 2.29 bits per heavy atom. The van der Waals surface area contributed by atoms with Crippen LogP contribution in [0.3, 0.4) is 0 Å². The average molecular weight is 236 g/mol. The summed E-state index contributed by atoms with van der Waals surface area (Å²) in [6.07, 6.45) is 0.784. The van der Waals surface area contributed by atoms with Gasteiger partial charge in [-0.05, 0) is 44.5 Å². The van der Waals surface area contributed by atoms with Gasteiger partial charge in [0.2, 0.25) is 5.91 Å². The lowest BCUT2D eigenvalue weighted by Crippen LogP contribution is -2.35. The first-order chi connectivity index (χ1) is 8.01. The van der Waals surface area contributed by atoms with Gasteiger partial charge >= 0.3 is 0 Å². The van der Waals surface area contributed by atoms with E-state index in [1.807, 2.05) is 13.8 Å². The van der Waals surface area contributed by atoms with Crippen molar-refractivity contribution >= 4 is 11.6 Å². The van der Waals surface area contributed by atoms with Crippen LogP contribution in [0.2, 0.25) is 0 Å². The topological polar surface area (TPSA) is 41.1 Å². The van der Waals surface area contributed by atoms with Crippen molar-refractivity contribution in [3.63, 3.8) is 0 Å². The number of amides is 1. The van der Waals surface area contributed by atoms with Crippen molar-refractivity contribution in [2.24, 2.45) is 5.41 Å². The molecule has 4 heteroatoms. The summed E-state index contributed by atoms with van der Waals surface area (Å²) in [4.78, 5) is 12.1. The van der Waals surface area contributed by atoms with E-state index in [-0.39, 0.29) is 17.4 Å². The summed E-state index contributed by atoms with van der Waals surface area (Å²) in [5, 5.41) is 5.81. The average Bonchev–Trinajstić information content (AvgIpc) is 2.71. The Morgan fingerprint density at radius 1 is 1.53 bits per heavy atom. The largest absolute Gasteiger partial charge is 0.323 e. The van der Waals surface area contributed by atoms with Crippen molar-refractivity contribution < 1.29 is 9.18 Å². The number of carbonyl (C=O) groups excluding carboxylic acids is 1. The molecule has 1 aromatic carbocycles. The van der Waals surface area contributed by atoms with Gasteiger partial charge in [0.1, 0.15) is 5.82 Å². The van der Waals surface area contributed by atoms with Gasteiger partial charge in [0, 0.05) is 6.54 Å². The summed E-state index contributed by atoms with van der Waals surface area (Å²) in [7, 11) is 0. The number of nitrogens with one attached hydrogen (secondary N) is 2. The molecule has 0 saturated carbocycles. The predicted octanol–water partition coefficient (Wildman–Crippen LogP) is 2.07. The van der Waals surface area contributed by atoms with Crippen LogP contribution in [-0.4, -0.2) is 19.0 Å². The molecule has 1 amide bonds. The highest BCUT2D eigenvalue weighted by Gasteiger charge is 2.36. The number of rotatable bonds is 2. The van der Waals surface area contributed by atoms with Crippen LogP contribution in [0.1, 0.15) is 18.9 Å². The van der Waals surface area contributed by atoms with Crippen LogP contribution in [0.4, 0.5) is 10.1 Å². The van der Waals surface area contributed by atoms with Gasteiger partial charge in [-0.2, -0.15) is 0 Å². The first-order valence-corrected chi connectivity index (χ1v) is 5.80. The molecule has 1 aromatic rings. The Hall–Kier alpha value is -1.42. The van der Waals surface area contributed by atoms with Crippen LogP contribution in [0.5, 0.6) is 0 Å². The lowest BCUT2D eigenvalue weighted by Gasteiger charge is -2.21. The van der Waals surface area contributed by atoms with Crippen molar-refractivity contribution in [2.75, 3.05) is 18.4 Å². The van der Waals surface area contributed by atoms with Gasteiger partial charge in [-0.3, -0.25) is 4.79 Å². The molecule has 1 fully saturated rings. The molecular weight excluding hydrogens is 219 g/mol. The smallest absolute Gasteiger partial charge is 0.231 e. The zero-order valence-electron chi connectivity index (χ0n) is 10.1. The monoisotopic (exact) mass is 236 g/mol. The number of carbonyl (C=O) groups is 1. The van der Waals surface area contributed by atoms with Crippen molar-refractivity contribution in [1.29, 1.82) is 0 Å². The lowest BCUT2D eigenvalue weighted by molar-refractivity contribution is -0.123. The number of hydrogen-bond donors (Lipinski definition) is 2. The molecule has 0 radical (unpaired) electrons. The highest BCUT2D eigenvalue weighted by atomic mass is 19.1. The van der Waals surface area contributed by atoms with Gasteiger partial charge in [0.25, 0.3) is 0 Å². The standard InChI is InChI=1S/C13H17FN2O/c1-9-3-4-11(10(14)7-9)16-12(17)13(2)5-6-15-8-13/h3-4,7,15H,5-6,8H2,1-2H3,(H,16,17). The van der Waals surface area contributed by atoms with E-state index in [4.69, 9.17) is 0 Å². The molecule has 1 heterocycles. The van der Waals surface area contributed by atoms with Gasteiger partial charge in [0.15, 0.2) is 0 Å². The summed E-state index contributed by atoms with van der Waals surface area (Å²) < 4.78 is 13.6. The third kappa shape index (κ3) is 2.47. The minimum Gasteiger partial charge on any atom is -0.323 e. The Kier molecular flexibility index (Phi) is 3.15. The van der Waals surface area contributed by atoms with E-state index in [0.717, 1.165) is 18.5 Å². The quantitative estimate of drug-likeness (QED) is 0.825. The van der Waals surface area contributed by atoms with Crippen LogP contribution in [0, 0.1) is 18.2 Å². The normalized spacial score (nSPS) is 23.7. The molecule has 1 unspecified atom stereocenters. The van der Waals surface area contributed by atoms with E-state index in [1.165, 1.54) is 6.07 Å². The number of benzene rings is 1. The Morgan fingerprint density at radius 3 is 2.88 bits per heavy atom. The predicted molar refractivity (Wildman–Crippen MR) is 65.4 cm³/mol. The zero-order chi connectivity index (χ0) is 12.5. The second-order valence-corrected chi connectivity index (χ2v) is 4.92. The number of hydrogen-bond acceptors (Lipinski definition) is 2. The molecule has 0 spiro atoms. The number of halogens is 1. The van der Waals surface area contributed by atoms with Gasteiger partial charge in [-0.1, -0.05) is 6.07 Å². The number of aryl methyl sites for hydroxylation is 1. The SMILES string of the molecule is Cc1ccc(NC(=O)C2(C)CCNC2)c(F)c1. The molecule has 3 nitrogen and oxygen atoms in total. The summed E-state index contributed by atoms with van der Waals surface area (Å²) in [5.41, 5.74) is 0.667. The molecule has 1 aliphatic rings. The molecule has 0 bridgehead atoms. The Balaban J connectivity index is 2.13. The van der Waals surface area contributed by atoms with E-state index in [0.29, 0.717) is 6.54 Å². The fourth-order valence-corrected chi connectivity index (χ4v) is 2.01. The van der Waals surface area contributed by atoms with Crippen LogP contribution >= 0.6 is 0 Å². The van der Waals surface area contributed by atoms with Crippen LogP contribution < -0.4 is 10.6 Å². The molecule has 92 valence electrons. The Bertz CT molecular complexity index is 439. The lowest BCUT2D eigenvalue weighted by atomic mass is 9.88. The number of anilines is 1. The van der Waals surface area contributed by atoms with E-state index >= 15 is 0 Å². The minimum atomic E-state index is -0.433. The van der Waals surface area contributed by atoms with E-state index in [1.54, 1.807) is 12.1 Å². The van der Waals surface area contributed by atoms with Gasteiger partial charge < -0.3 is 10.6 Å². The summed E-state index contributed by atoms with van der Waals surface area (Å²) in [5.74, 6) is -0.502. The summed E-state index contributed by atoms with van der Waals surface area (Å²) in [6.45, 7) is 5.19. The molecule has 0 aromatic heterocycles. The highest BCUT2D eigenvalue weighted by molar-refractivity contribution is 5.95. The van der Waals surface area contributed by atoms with Gasteiger partial charge in [-0.25, -0.2) is 4.39 Å². The molecule has 1 saturated heterocycles. The van der Waals surface area contributed by atoms with Crippen molar-refractivity contribution in [3.05, 3.63) is 29.6 Å². The fourth-order valence-electron chi connectivity index (χ4n) is 2.01. The van der Waals surface area contributed by atoms with E-state index in [2.05, 4.69) is 10.6 Å². The van der Waals surface area contributed by atoms with Gasteiger partial charge in [-0.15, -0.1) is 0 Å². The summed E-state index contributed by atoms with van der Waals surface area (Å²) in [6, 6.07) is 4.81. The first-order valence-electron chi connectivity index (χ1n) is 5.80. The first kappa shape index (κ1) is 12.0. The Labute approximate surface area is 100 Å². The minimum absolute atomic E-state index is 0.120. The molecule has 1 atom stereocenters. The fraction of sp³-hybridized carbons (Fsp3) is 0.462. The molecule has 17 heavy (non-hydrogen) atoms. The molecule has 2 rings (SSSR count). The van der Waals surface area contributed by atoms with E-state index < -0.39 is 5.41 Å². The molecule has 2 N–H and O–H groups in total. The second kappa shape index (κ2) is 4.45. The van der Waals surface area contributed by atoms with E-state index in [9.17, 15) is 9.18 Å². The highest BCUT2D eigenvalue weighted by Crippen LogP contribution is 2.27. The van der Waals surface area contributed by atoms with Crippen molar-refractivity contribution in [1.82, 2.24) is 5.32 Å². The maximum Gasteiger partial charge on any atom is 0.231 e. The van der Waals surface area contributed by atoms with Crippen LogP contribution in [-0.2, 0) is 4.79 Å². The molecular formula is C13H17FN2O. The maximum atomic E-state index is 13.6. The molecule has 0 aliphatic carbocycles. The second-order valence-electron chi connectivity index (χ2n) is 4.92. The summed E-state index contributed by atoms with van der Waals surface area (Å²) >= 11 is 0. The molecule has 1 aliphatic heterocycles.